The largest absolute Gasteiger partial charge is 0.493 e. The maximum absolute atomic E-state index is 5.88. The van der Waals surface area contributed by atoms with E-state index < -0.39 is 0 Å². The van der Waals surface area contributed by atoms with Crippen LogP contribution in [-0.2, 0) is 20.0 Å². The number of anilines is 1. The Labute approximate surface area is 123 Å². The molecule has 0 aliphatic heterocycles. The first-order valence-electron chi connectivity index (χ1n) is 7.03. The standard InChI is InChI=1S/C16H19N3O2/c1-4-13-14(10-19(2)18-13)17-9-12-8-11-6-5-7-15(20-3)16(11)21-12/h5-8,10,17H,4,9H2,1-3H3. The maximum atomic E-state index is 5.88. The van der Waals surface area contributed by atoms with Gasteiger partial charge in [-0.25, -0.2) is 0 Å². The van der Waals surface area contributed by atoms with Gasteiger partial charge in [-0.3, -0.25) is 4.68 Å². The van der Waals surface area contributed by atoms with Crippen LogP contribution in [-0.4, -0.2) is 16.9 Å². The summed E-state index contributed by atoms with van der Waals surface area (Å²) in [6.07, 6.45) is 2.89. The lowest BCUT2D eigenvalue weighted by molar-refractivity contribution is 0.408. The second kappa shape index (κ2) is 5.52. The second-order valence-corrected chi connectivity index (χ2v) is 4.96. The molecule has 1 aromatic carbocycles. The summed E-state index contributed by atoms with van der Waals surface area (Å²) in [7, 11) is 3.58. The van der Waals surface area contributed by atoms with Gasteiger partial charge in [0.1, 0.15) is 5.76 Å². The van der Waals surface area contributed by atoms with E-state index in [1.807, 2.05) is 42.2 Å². The molecule has 110 valence electrons. The SMILES string of the molecule is CCc1nn(C)cc1NCc1cc2cccc(OC)c2o1. The minimum Gasteiger partial charge on any atom is -0.493 e. The molecule has 0 saturated heterocycles. The number of rotatable bonds is 5. The van der Waals surface area contributed by atoms with E-state index in [0.717, 1.165) is 40.3 Å². The van der Waals surface area contributed by atoms with Crippen LogP contribution in [0.15, 0.2) is 34.9 Å². The fraction of sp³-hybridized carbons (Fsp3) is 0.312. The average Bonchev–Trinajstić information content (AvgIpc) is 3.07. The van der Waals surface area contributed by atoms with Gasteiger partial charge in [0.15, 0.2) is 11.3 Å². The Hall–Kier alpha value is -2.43. The molecular formula is C16H19N3O2. The molecule has 5 nitrogen and oxygen atoms in total. The molecule has 0 bridgehead atoms. The zero-order chi connectivity index (χ0) is 14.8. The monoisotopic (exact) mass is 285 g/mol. The Bertz CT molecular complexity index is 758. The Morgan fingerprint density at radius 2 is 2.24 bits per heavy atom. The molecule has 3 rings (SSSR count). The summed E-state index contributed by atoms with van der Waals surface area (Å²) in [5.41, 5.74) is 2.90. The number of fused-ring (bicyclic) bond motifs is 1. The number of hydrogen-bond acceptors (Lipinski definition) is 4. The minimum absolute atomic E-state index is 0.622. The average molecular weight is 285 g/mol. The first kappa shape index (κ1) is 13.5. The number of nitrogens with zero attached hydrogens (tertiary/aromatic N) is 2. The summed E-state index contributed by atoms with van der Waals surface area (Å²) in [5.74, 6) is 1.63. The summed E-state index contributed by atoms with van der Waals surface area (Å²) in [5, 5.41) is 8.85. The summed E-state index contributed by atoms with van der Waals surface area (Å²) in [6, 6.07) is 7.92. The van der Waals surface area contributed by atoms with E-state index in [1.165, 1.54) is 0 Å². The van der Waals surface area contributed by atoms with Crippen molar-refractivity contribution in [1.29, 1.82) is 0 Å². The van der Waals surface area contributed by atoms with Crippen LogP contribution in [0.3, 0.4) is 0 Å². The Morgan fingerprint density at radius 1 is 1.38 bits per heavy atom. The van der Waals surface area contributed by atoms with Crippen LogP contribution in [0.5, 0.6) is 5.75 Å². The van der Waals surface area contributed by atoms with E-state index >= 15 is 0 Å². The summed E-state index contributed by atoms with van der Waals surface area (Å²) in [6.45, 7) is 2.72. The van der Waals surface area contributed by atoms with Crippen LogP contribution >= 0.6 is 0 Å². The van der Waals surface area contributed by atoms with Gasteiger partial charge in [-0.1, -0.05) is 19.1 Å². The molecule has 0 saturated carbocycles. The zero-order valence-electron chi connectivity index (χ0n) is 12.5. The van der Waals surface area contributed by atoms with Gasteiger partial charge in [0.2, 0.25) is 0 Å². The van der Waals surface area contributed by atoms with E-state index in [-0.39, 0.29) is 0 Å². The maximum Gasteiger partial charge on any atom is 0.176 e. The zero-order valence-corrected chi connectivity index (χ0v) is 12.5. The van der Waals surface area contributed by atoms with E-state index in [2.05, 4.69) is 17.3 Å². The molecule has 2 heterocycles. The summed E-state index contributed by atoms with van der Waals surface area (Å²) in [4.78, 5) is 0. The normalized spacial score (nSPS) is 11.0. The molecule has 0 fully saturated rings. The van der Waals surface area contributed by atoms with Gasteiger partial charge in [-0.2, -0.15) is 5.10 Å². The molecule has 21 heavy (non-hydrogen) atoms. The van der Waals surface area contributed by atoms with Gasteiger partial charge in [0.25, 0.3) is 0 Å². The number of furan rings is 1. The molecule has 1 N–H and O–H groups in total. The van der Waals surface area contributed by atoms with Crippen LogP contribution in [0.1, 0.15) is 18.4 Å². The third-order valence-corrected chi connectivity index (χ3v) is 3.47. The van der Waals surface area contributed by atoms with Crippen LogP contribution in [0.25, 0.3) is 11.0 Å². The number of nitrogens with one attached hydrogen (secondary N) is 1. The fourth-order valence-electron chi connectivity index (χ4n) is 2.46. The molecule has 3 aromatic rings. The van der Waals surface area contributed by atoms with Crippen LogP contribution < -0.4 is 10.1 Å². The second-order valence-electron chi connectivity index (χ2n) is 4.96. The summed E-state index contributed by atoms with van der Waals surface area (Å²) >= 11 is 0. The van der Waals surface area contributed by atoms with Crippen LogP contribution in [0.4, 0.5) is 5.69 Å². The molecule has 0 amide bonds. The topological polar surface area (TPSA) is 52.2 Å². The van der Waals surface area contributed by atoms with E-state index in [4.69, 9.17) is 9.15 Å². The van der Waals surface area contributed by atoms with Gasteiger partial charge in [-0.15, -0.1) is 0 Å². The van der Waals surface area contributed by atoms with Crippen molar-refractivity contribution < 1.29 is 9.15 Å². The van der Waals surface area contributed by atoms with Gasteiger partial charge in [0, 0.05) is 18.6 Å². The first-order valence-corrected chi connectivity index (χ1v) is 7.03. The molecule has 0 radical (unpaired) electrons. The first-order chi connectivity index (χ1) is 10.2. The van der Waals surface area contributed by atoms with E-state index in [9.17, 15) is 0 Å². The highest BCUT2D eigenvalue weighted by atomic mass is 16.5. The predicted octanol–water partition coefficient (Wildman–Crippen LogP) is 3.35. The fourth-order valence-corrected chi connectivity index (χ4v) is 2.46. The molecule has 5 heteroatoms. The molecule has 0 atom stereocenters. The molecule has 0 aliphatic carbocycles. The van der Waals surface area contributed by atoms with Crippen molar-refractivity contribution in [2.45, 2.75) is 19.9 Å². The number of aromatic nitrogens is 2. The number of para-hydroxylation sites is 1. The predicted molar refractivity (Wildman–Crippen MR) is 82.7 cm³/mol. The lowest BCUT2D eigenvalue weighted by Gasteiger charge is -2.02. The highest BCUT2D eigenvalue weighted by Gasteiger charge is 2.10. The highest BCUT2D eigenvalue weighted by molar-refractivity contribution is 5.83. The molecular weight excluding hydrogens is 266 g/mol. The highest BCUT2D eigenvalue weighted by Crippen LogP contribution is 2.28. The number of ether oxygens (including phenoxy) is 1. The van der Waals surface area contributed by atoms with Crippen molar-refractivity contribution in [2.75, 3.05) is 12.4 Å². The van der Waals surface area contributed by atoms with Gasteiger partial charge < -0.3 is 14.5 Å². The number of aryl methyl sites for hydroxylation is 2. The van der Waals surface area contributed by atoms with Gasteiger partial charge >= 0.3 is 0 Å². The lowest BCUT2D eigenvalue weighted by Crippen LogP contribution is -1.99. The number of benzene rings is 1. The minimum atomic E-state index is 0.622. The van der Waals surface area contributed by atoms with Gasteiger partial charge in [-0.05, 0) is 18.6 Å². The third-order valence-electron chi connectivity index (χ3n) is 3.47. The van der Waals surface area contributed by atoms with Crippen molar-refractivity contribution in [3.05, 3.63) is 41.9 Å². The van der Waals surface area contributed by atoms with Crippen LogP contribution in [0, 0.1) is 0 Å². The molecule has 0 spiro atoms. The molecule has 0 unspecified atom stereocenters. The van der Waals surface area contributed by atoms with E-state index in [1.54, 1.807) is 7.11 Å². The smallest absolute Gasteiger partial charge is 0.176 e. The molecule has 0 aliphatic rings. The Balaban J connectivity index is 1.82. The quantitative estimate of drug-likeness (QED) is 0.781. The van der Waals surface area contributed by atoms with Crippen LogP contribution in [0.2, 0.25) is 0 Å². The number of methoxy groups -OCH3 is 1. The van der Waals surface area contributed by atoms with Gasteiger partial charge in [0.05, 0.1) is 25.0 Å². The molecule has 2 aromatic heterocycles. The summed E-state index contributed by atoms with van der Waals surface area (Å²) < 4.78 is 13.0. The van der Waals surface area contributed by atoms with Crippen molar-refractivity contribution in [1.82, 2.24) is 9.78 Å². The van der Waals surface area contributed by atoms with Crippen molar-refractivity contribution in [3.63, 3.8) is 0 Å². The van der Waals surface area contributed by atoms with Crippen molar-refractivity contribution in [3.8, 4) is 5.75 Å². The third kappa shape index (κ3) is 2.59. The van der Waals surface area contributed by atoms with Crippen molar-refractivity contribution >= 4 is 16.7 Å². The van der Waals surface area contributed by atoms with Crippen molar-refractivity contribution in [2.24, 2.45) is 7.05 Å². The Morgan fingerprint density at radius 3 is 3.00 bits per heavy atom. The number of hydrogen-bond donors (Lipinski definition) is 1. The van der Waals surface area contributed by atoms with E-state index in [0.29, 0.717) is 6.54 Å². The lowest BCUT2D eigenvalue weighted by atomic mass is 10.2. The Kier molecular flexibility index (Phi) is 3.56.